The first kappa shape index (κ1) is 19.8. The maximum atomic E-state index is 12.4. The number of ketones is 1. The maximum absolute atomic E-state index is 12.4. The molecular weight excluding hydrogens is 308 g/mol. The number of allylic oxidation sites excluding steroid dienone is 1. The van der Waals surface area contributed by atoms with E-state index in [9.17, 15) is 4.79 Å². The lowest BCUT2D eigenvalue weighted by Crippen LogP contribution is -2.20. The molecule has 1 aromatic rings. The fourth-order valence-electron chi connectivity index (χ4n) is 4.20. The molecular formula is C23H34O2. The second-order valence-corrected chi connectivity index (χ2v) is 7.74. The lowest BCUT2D eigenvalue weighted by Gasteiger charge is -2.22. The van der Waals surface area contributed by atoms with Crippen LogP contribution in [0.1, 0.15) is 75.0 Å². The first-order valence-electron chi connectivity index (χ1n) is 9.91. The number of rotatable bonds is 9. The summed E-state index contributed by atoms with van der Waals surface area (Å²) in [5.41, 5.74) is 3.45. The average molecular weight is 343 g/mol. The lowest BCUT2D eigenvalue weighted by atomic mass is 9.89. The first-order valence-corrected chi connectivity index (χ1v) is 9.91. The minimum Gasteiger partial charge on any atom is -0.461 e. The van der Waals surface area contributed by atoms with Crippen LogP contribution >= 0.6 is 0 Å². The van der Waals surface area contributed by atoms with Crippen LogP contribution in [0.4, 0.5) is 0 Å². The highest BCUT2D eigenvalue weighted by Crippen LogP contribution is 2.39. The molecule has 1 aliphatic carbocycles. The largest absolute Gasteiger partial charge is 0.461 e. The Balaban J connectivity index is 1.99. The van der Waals surface area contributed by atoms with Crippen LogP contribution in [0.3, 0.4) is 0 Å². The number of Topliss-reactive ketones (excluding diaryl/α,β-unsaturated/α-hetero) is 1. The Morgan fingerprint density at radius 3 is 2.40 bits per heavy atom. The second-order valence-electron chi connectivity index (χ2n) is 7.74. The number of aryl methyl sites for hydroxylation is 3. The topological polar surface area (TPSA) is 26.3 Å². The Kier molecular flexibility index (Phi) is 7.28. The molecule has 0 radical (unpaired) electrons. The van der Waals surface area contributed by atoms with Crippen molar-refractivity contribution in [1.29, 1.82) is 0 Å². The number of hydrogen-bond donors (Lipinski definition) is 0. The summed E-state index contributed by atoms with van der Waals surface area (Å²) in [4.78, 5) is 12.4. The van der Waals surface area contributed by atoms with Crippen LogP contribution in [0, 0.1) is 32.6 Å². The average Bonchev–Trinajstić information content (AvgIpc) is 2.91. The molecule has 0 aromatic heterocycles. The zero-order chi connectivity index (χ0) is 18.4. The molecule has 0 spiro atoms. The summed E-state index contributed by atoms with van der Waals surface area (Å²) < 4.78 is 6.15. The Morgan fingerprint density at radius 2 is 1.76 bits per heavy atom. The standard InChI is InChI=1S/C23H34O2/c1-6-7-8-9-10-11-20-12-13-21(24)22(20)19(5)25-23-17(3)14-16(2)15-18(23)4/h14-15,20,22H,5-13H2,1-4H3/t20-,22+/m0/s1. The predicted molar refractivity (Wildman–Crippen MR) is 105 cm³/mol. The van der Waals surface area contributed by atoms with Gasteiger partial charge in [-0.3, -0.25) is 4.79 Å². The SMILES string of the molecule is C=C(Oc1c(C)cc(C)cc1C)[C@H]1C(=O)CC[C@@H]1CCCCCCC. The zero-order valence-electron chi connectivity index (χ0n) is 16.5. The molecule has 25 heavy (non-hydrogen) atoms. The van der Waals surface area contributed by atoms with Crippen LogP contribution in [0.2, 0.25) is 0 Å². The van der Waals surface area contributed by atoms with Crippen molar-refractivity contribution in [1.82, 2.24) is 0 Å². The van der Waals surface area contributed by atoms with Gasteiger partial charge in [0, 0.05) is 6.42 Å². The summed E-state index contributed by atoms with van der Waals surface area (Å²) in [6.07, 6.45) is 9.16. The van der Waals surface area contributed by atoms with E-state index in [-0.39, 0.29) is 5.92 Å². The molecule has 2 nitrogen and oxygen atoms in total. The minimum absolute atomic E-state index is 0.119. The van der Waals surface area contributed by atoms with Crippen LogP contribution in [0.5, 0.6) is 5.75 Å². The third-order valence-corrected chi connectivity index (χ3v) is 5.44. The van der Waals surface area contributed by atoms with E-state index >= 15 is 0 Å². The Labute approximate surface area is 153 Å². The molecule has 0 heterocycles. The van der Waals surface area contributed by atoms with E-state index < -0.39 is 0 Å². The summed E-state index contributed by atoms with van der Waals surface area (Å²) in [6.45, 7) is 12.6. The molecule has 1 aliphatic rings. The van der Waals surface area contributed by atoms with Gasteiger partial charge in [-0.25, -0.2) is 0 Å². The van der Waals surface area contributed by atoms with Gasteiger partial charge < -0.3 is 4.74 Å². The molecule has 138 valence electrons. The Hall–Kier alpha value is -1.57. The van der Waals surface area contributed by atoms with Crippen molar-refractivity contribution >= 4 is 5.78 Å². The molecule has 0 amide bonds. The number of carbonyl (C=O) groups excluding carboxylic acids is 1. The highest BCUT2D eigenvalue weighted by Gasteiger charge is 2.37. The van der Waals surface area contributed by atoms with Gasteiger partial charge in [0.1, 0.15) is 17.3 Å². The van der Waals surface area contributed by atoms with Crippen LogP contribution in [0.25, 0.3) is 0 Å². The quantitative estimate of drug-likeness (QED) is 0.380. The van der Waals surface area contributed by atoms with Crippen LogP contribution in [-0.2, 0) is 4.79 Å². The van der Waals surface area contributed by atoms with E-state index in [1.165, 1.54) is 37.7 Å². The fourth-order valence-corrected chi connectivity index (χ4v) is 4.20. The molecule has 0 N–H and O–H groups in total. The highest BCUT2D eigenvalue weighted by molar-refractivity contribution is 5.85. The van der Waals surface area contributed by atoms with Gasteiger partial charge in [-0.05, 0) is 50.7 Å². The normalized spacial score (nSPS) is 20.1. The van der Waals surface area contributed by atoms with Gasteiger partial charge in [-0.2, -0.15) is 0 Å². The summed E-state index contributed by atoms with van der Waals surface area (Å²) in [5, 5.41) is 0. The monoisotopic (exact) mass is 342 g/mol. The van der Waals surface area contributed by atoms with Crippen molar-refractivity contribution in [2.45, 2.75) is 79.1 Å². The first-order chi connectivity index (χ1) is 11.9. The number of unbranched alkanes of at least 4 members (excludes halogenated alkanes) is 4. The van der Waals surface area contributed by atoms with Crippen molar-refractivity contribution < 1.29 is 9.53 Å². The van der Waals surface area contributed by atoms with E-state index in [1.54, 1.807) is 0 Å². The molecule has 1 fully saturated rings. The van der Waals surface area contributed by atoms with E-state index in [1.807, 2.05) is 0 Å². The zero-order valence-corrected chi connectivity index (χ0v) is 16.5. The van der Waals surface area contributed by atoms with Crippen LogP contribution in [0.15, 0.2) is 24.5 Å². The number of carbonyl (C=O) groups is 1. The molecule has 0 saturated heterocycles. The van der Waals surface area contributed by atoms with Crippen LogP contribution < -0.4 is 4.74 Å². The molecule has 0 unspecified atom stereocenters. The second kappa shape index (κ2) is 9.22. The predicted octanol–water partition coefficient (Wildman–Crippen LogP) is 6.46. The molecule has 2 atom stereocenters. The summed E-state index contributed by atoms with van der Waals surface area (Å²) >= 11 is 0. The van der Waals surface area contributed by atoms with Crippen LogP contribution in [-0.4, -0.2) is 5.78 Å². The van der Waals surface area contributed by atoms with Gasteiger partial charge in [0.05, 0.1) is 5.92 Å². The molecule has 0 bridgehead atoms. The third-order valence-electron chi connectivity index (χ3n) is 5.44. The highest BCUT2D eigenvalue weighted by atomic mass is 16.5. The van der Waals surface area contributed by atoms with Gasteiger partial charge in [-0.1, -0.05) is 63.3 Å². The van der Waals surface area contributed by atoms with Gasteiger partial charge in [0.15, 0.2) is 0 Å². The van der Waals surface area contributed by atoms with Crippen molar-refractivity contribution in [2.75, 3.05) is 0 Å². The van der Waals surface area contributed by atoms with Gasteiger partial charge in [-0.15, -0.1) is 0 Å². The van der Waals surface area contributed by atoms with Gasteiger partial charge >= 0.3 is 0 Å². The molecule has 1 aromatic carbocycles. The van der Waals surface area contributed by atoms with Crippen molar-refractivity contribution in [2.24, 2.45) is 11.8 Å². The molecule has 0 aliphatic heterocycles. The van der Waals surface area contributed by atoms with Crippen molar-refractivity contribution in [3.8, 4) is 5.75 Å². The summed E-state index contributed by atoms with van der Waals surface area (Å²) in [7, 11) is 0. The Morgan fingerprint density at radius 1 is 1.12 bits per heavy atom. The van der Waals surface area contributed by atoms with E-state index in [2.05, 4.69) is 46.4 Å². The van der Waals surface area contributed by atoms with E-state index in [0.717, 1.165) is 29.7 Å². The smallest absolute Gasteiger partial charge is 0.143 e. The van der Waals surface area contributed by atoms with Crippen molar-refractivity contribution in [3.63, 3.8) is 0 Å². The van der Waals surface area contributed by atoms with Crippen molar-refractivity contribution in [3.05, 3.63) is 41.2 Å². The van der Waals surface area contributed by atoms with Gasteiger partial charge in [0.25, 0.3) is 0 Å². The molecule has 2 heteroatoms. The number of hydrogen-bond acceptors (Lipinski definition) is 2. The van der Waals surface area contributed by atoms with E-state index in [0.29, 0.717) is 23.9 Å². The Bertz CT molecular complexity index is 592. The molecule has 1 saturated carbocycles. The lowest BCUT2D eigenvalue weighted by molar-refractivity contribution is -0.120. The summed E-state index contributed by atoms with van der Waals surface area (Å²) in [6, 6.07) is 4.24. The third kappa shape index (κ3) is 5.20. The maximum Gasteiger partial charge on any atom is 0.143 e. The minimum atomic E-state index is -0.119. The van der Waals surface area contributed by atoms with Gasteiger partial charge in [0.2, 0.25) is 0 Å². The number of benzene rings is 1. The van der Waals surface area contributed by atoms with E-state index in [4.69, 9.17) is 4.74 Å². The fraction of sp³-hybridized carbons (Fsp3) is 0.609. The molecule has 2 rings (SSSR count). The summed E-state index contributed by atoms with van der Waals surface area (Å²) in [5.74, 6) is 2.12. The number of ether oxygens (including phenoxy) is 1.